The van der Waals surface area contributed by atoms with Gasteiger partial charge in [-0.05, 0) is 42.8 Å². The van der Waals surface area contributed by atoms with Crippen LogP contribution in [-0.2, 0) is 9.53 Å². The van der Waals surface area contributed by atoms with Gasteiger partial charge >= 0.3 is 12.5 Å². The molecular formula is C28H29F3N6O6. The number of amides is 2. The number of alkyl halides is 3. The first-order chi connectivity index (χ1) is 20.5. The molecule has 3 unspecified atom stereocenters. The zero-order valence-corrected chi connectivity index (χ0v) is 22.8. The van der Waals surface area contributed by atoms with Gasteiger partial charge in [0.25, 0.3) is 5.56 Å². The monoisotopic (exact) mass is 602 g/mol. The van der Waals surface area contributed by atoms with Crippen LogP contribution in [0.15, 0.2) is 47.5 Å². The zero-order valence-electron chi connectivity index (χ0n) is 22.8. The van der Waals surface area contributed by atoms with E-state index in [1.807, 2.05) is 4.90 Å². The van der Waals surface area contributed by atoms with Crippen molar-refractivity contribution in [3.05, 3.63) is 53.1 Å². The van der Waals surface area contributed by atoms with Crippen molar-refractivity contribution >= 4 is 34.3 Å². The largest absolute Gasteiger partial charge is 0.573 e. The molecule has 0 spiro atoms. The molecule has 0 radical (unpaired) electrons. The van der Waals surface area contributed by atoms with Crippen LogP contribution in [0.3, 0.4) is 0 Å². The molecule has 15 heteroatoms. The van der Waals surface area contributed by atoms with Crippen LogP contribution in [0.1, 0.15) is 19.3 Å². The number of halogens is 3. The maximum absolute atomic E-state index is 13.4. The molecule has 4 saturated heterocycles. The molecule has 2 bridgehead atoms. The molecule has 228 valence electrons. The molecule has 2 amide bonds. The third-order valence-corrected chi connectivity index (χ3v) is 7.85. The number of fused-ring (bicyclic) bond motifs is 3. The van der Waals surface area contributed by atoms with Gasteiger partial charge in [-0.2, -0.15) is 0 Å². The topological polar surface area (TPSA) is 138 Å². The predicted octanol–water partition coefficient (Wildman–Crippen LogP) is 2.93. The van der Waals surface area contributed by atoms with Gasteiger partial charge in [0.1, 0.15) is 6.33 Å². The van der Waals surface area contributed by atoms with Crippen molar-refractivity contribution in [1.82, 2.24) is 19.8 Å². The van der Waals surface area contributed by atoms with Gasteiger partial charge in [0.2, 0.25) is 5.91 Å². The summed E-state index contributed by atoms with van der Waals surface area (Å²) in [6.07, 6.45) is -2.78. The average Bonchev–Trinajstić information content (AvgIpc) is 3.40. The minimum Gasteiger partial charge on any atom is -0.465 e. The van der Waals surface area contributed by atoms with Crippen LogP contribution in [0.5, 0.6) is 5.75 Å². The van der Waals surface area contributed by atoms with E-state index >= 15 is 0 Å². The molecule has 4 aliphatic heterocycles. The Morgan fingerprint density at radius 1 is 1.09 bits per heavy atom. The molecule has 3 aromatic rings. The third kappa shape index (κ3) is 6.51. The van der Waals surface area contributed by atoms with Crippen molar-refractivity contribution in [2.24, 2.45) is 0 Å². The van der Waals surface area contributed by atoms with Crippen molar-refractivity contribution in [2.75, 3.05) is 42.9 Å². The lowest BCUT2D eigenvalue weighted by atomic mass is 9.99. The van der Waals surface area contributed by atoms with Gasteiger partial charge in [0.15, 0.2) is 5.75 Å². The fourth-order valence-corrected chi connectivity index (χ4v) is 5.85. The summed E-state index contributed by atoms with van der Waals surface area (Å²) < 4.78 is 50.3. The second-order valence-corrected chi connectivity index (χ2v) is 10.9. The van der Waals surface area contributed by atoms with Crippen molar-refractivity contribution in [3.63, 3.8) is 0 Å². The Morgan fingerprint density at radius 2 is 1.84 bits per heavy atom. The van der Waals surface area contributed by atoms with Gasteiger partial charge in [-0.25, -0.2) is 9.78 Å². The molecule has 12 nitrogen and oxygen atoms in total. The Kier molecular flexibility index (Phi) is 7.60. The number of nitrogens with zero attached hydrogens (tertiary/aromatic N) is 4. The standard InChI is InChI=1S/C28H29F3N6O6/c29-28(30,31)43-24-4-2-18(10-23(24)34-25(38)6-7-35-13-19-11-20(14-35)42-19)37-15-32-22-9-17(1-3-21(22)26(37)39)36-8-5-16(12-36)33-27(40)41/h1-4,9-10,15-16,19-20,33H,5-8,11-14H2,(H,34,38)(H,40,41). The van der Waals surface area contributed by atoms with E-state index in [1.54, 1.807) is 18.2 Å². The Labute approximate surface area is 243 Å². The average molecular weight is 603 g/mol. The Balaban J connectivity index is 1.21. The molecule has 3 atom stereocenters. The number of rotatable bonds is 8. The number of piperidine rings is 1. The van der Waals surface area contributed by atoms with E-state index in [0.29, 0.717) is 44.7 Å². The number of anilines is 2. The van der Waals surface area contributed by atoms with Crippen LogP contribution in [0.25, 0.3) is 16.6 Å². The van der Waals surface area contributed by atoms with Gasteiger partial charge < -0.3 is 30.1 Å². The van der Waals surface area contributed by atoms with Crippen LogP contribution in [0.4, 0.5) is 29.3 Å². The van der Waals surface area contributed by atoms with E-state index in [9.17, 15) is 27.6 Å². The van der Waals surface area contributed by atoms with Gasteiger partial charge in [0, 0.05) is 51.3 Å². The summed E-state index contributed by atoms with van der Waals surface area (Å²) in [5, 5.41) is 14.2. The third-order valence-electron chi connectivity index (χ3n) is 7.85. The van der Waals surface area contributed by atoms with Gasteiger partial charge in [-0.3, -0.25) is 19.1 Å². The second kappa shape index (κ2) is 11.4. The second-order valence-electron chi connectivity index (χ2n) is 10.9. The lowest BCUT2D eigenvalue weighted by molar-refractivity contribution is -0.274. The highest BCUT2D eigenvalue weighted by Gasteiger charge is 2.38. The summed E-state index contributed by atoms with van der Waals surface area (Å²) in [6.45, 7) is 2.95. The van der Waals surface area contributed by atoms with E-state index in [2.05, 4.69) is 25.3 Å². The minimum atomic E-state index is -4.99. The SMILES string of the molecule is O=C(O)NC1CCN(c2ccc3c(=O)n(-c4ccc(OC(F)(F)F)c(NC(=O)CCN5CC6CC(C5)O6)c4)cnc3c2)C1. The molecule has 0 saturated carbocycles. The predicted molar refractivity (Wildman–Crippen MR) is 149 cm³/mol. The number of hydrogen-bond acceptors (Lipinski definition) is 8. The lowest BCUT2D eigenvalue weighted by Gasteiger charge is -2.47. The van der Waals surface area contributed by atoms with E-state index in [0.717, 1.165) is 18.2 Å². The van der Waals surface area contributed by atoms with E-state index in [4.69, 9.17) is 9.84 Å². The fourth-order valence-electron chi connectivity index (χ4n) is 5.85. The van der Waals surface area contributed by atoms with E-state index in [-0.39, 0.29) is 41.4 Å². The number of carbonyl (C=O) groups is 2. The number of hydrogen-bond donors (Lipinski definition) is 3. The molecule has 0 aliphatic carbocycles. The van der Waals surface area contributed by atoms with Crippen molar-refractivity contribution in [2.45, 2.75) is 43.9 Å². The quantitative estimate of drug-likeness (QED) is 0.355. The highest BCUT2D eigenvalue weighted by Crippen LogP contribution is 2.33. The smallest absolute Gasteiger partial charge is 0.465 e. The number of morpholine rings is 1. The first-order valence-electron chi connectivity index (χ1n) is 13.8. The summed E-state index contributed by atoms with van der Waals surface area (Å²) in [5.41, 5.74) is 0.671. The van der Waals surface area contributed by atoms with Crippen LogP contribution in [-0.4, -0.2) is 88.9 Å². The number of nitrogens with one attached hydrogen (secondary N) is 2. The molecule has 7 rings (SSSR count). The van der Waals surface area contributed by atoms with Crippen LogP contribution in [0, 0.1) is 0 Å². The molecule has 4 aliphatic rings. The molecule has 2 aromatic carbocycles. The number of aromatic nitrogens is 2. The molecule has 1 aromatic heterocycles. The van der Waals surface area contributed by atoms with Crippen LogP contribution in [0.2, 0.25) is 0 Å². The number of carbonyl (C=O) groups excluding carboxylic acids is 1. The highest BCUT2D eigenvalue weighted by molar-refractivity contribution is 5.93. The van der Waals surface area contributed by atoms with Crippen LogP contribution >= 0.6 is 0 Å². The van der Waals surface area contributed by atoms with Crippen LogP contribution < -0.4 is 25.8 Å². The summed E-state index contributed by atoms with van der Waals surface area (Å²) >= 11 is 0. The molecule has 43 heavy (non-hydrogen) atoms. The van der Waals surface area contributed by atoms with Crippen molar-refractivity contribution < 1.29 is 37.3 Å². The maximum Gasteiger partial charge on any atom is 0.573 e. The van der Waals surface area contributed by atoms with Crippen molar-refractivity contribution in [1.29, 1.82) is 0 Å². The Morgan fingerprint density at radius 3 is 2.56 bits per heavy atom. The fraction of sp³-hybridized carbons (Fsp3) is 0.429. The van der Waals surface area contributed by atoms with Gasteiger partial charge in [-0.1, -0.05) is 0 Å². The van der Waals surface area contributed by atoms with Crippen molar-refractivity contribution in [3.8, 4) is 11.4 Å². The first-order valence-corrected chi connectivity index (χ1v) is 13.8. The van der Waals surface area contributed by atoms with Gasteiger partial charge in [0.05, 0.1) is 40.5 Å². The number of carboxylic acid groups (broad SMARTS) is 1. The Bertz CT molecular complexity index is 1600. The van der Waals surface area contributed by atoms with Gasteiger partial charge in [-0.15, -0.1) is 13.2 Å². The summed E-state index contributed by atoms with van der Waals surface area (Å²) in [6, 6.07) is 8.43. The molecule has 4 fully saturated rings. The van der Waals surface area contributed by atoms with E-state index < -0.39 is 29.7 Å². The lowest BCUT2D eigenvalue weighted by Crippen LogP contribution is -2.57. The molecule has 5 heterocycles. The summed E-state index contributed by atoms with van der Waals surface area (Å²) in [7, 11) is 0. The maximum atomic E-state index is 13.4. The molecular weight excluding hydrogens is 573 g/mol. The minimum absolute atomic E-state index is 0.0546. The summed E-state index contributed by atoms with van der Waals surface area (Å²) in [5.74, 6) is -1.10. The zero-order chi connectivity index (χ0) is 30.3. The first kappa shape index (κ1) is 28.7. The number of ether oxygens (including phenoxy) is 2. The number of benzene rings is 2. The Hall–Kier alpha value is -4.37. The normalized spacial score (nSPS) is 21.8. The summed E-state index contributed by atoms with van der Waals surface area (Å²) in [4.78, 5) is 45.6. The van der Waals surface area contributed by atoms with E-state index in [1.165, 1.54) is 23.0 Å². The molecule has 3 N–H and O–H groups in total. The highest BCUT2D eigenvalue weighted by atomic mass is 19.4.